The highest BCUT2D eigenvalue weighted by atomic mass is 15.2. The third-order valence-electron chi connectivity index (χ3n) is 19.5. The van der Waals surface area contributed by atoms with E-state index in [-0.39, 0.29) is 39.2 Å². The van der Waals surface area contributed by atoms with Crippen molar-refractivity contribution in [2.75, 3.05) is 9.80 Å². The average Bonchev–Trinajstić information content (AvgIpc) is 3.51. The summed E-state index contributed by atoms with van der Waals surface area (Å²) >= 11 is 0. The lowest BCUT2D eigenvalue weighted by molar-refractivity contribution is 0.454. The van der Waals surface area contributed by atoms with Crippen molar-refractivity contribution in [1.29, 1.82) is 0 Å². The van der Waals surface area contributed by atoms with E-state index in [1.165, 1.54) is 141 Å². The summed E-state index contributed by atoms with van der Waals surface area (Å²) in [6.07, 6.45) is 4.50. The van der Waals surface area contributed by atoms with Crippen LogP contribution in [0.25, 0.3) is 11.1 Å². The number of anilines is 6. The van der Waals surface area contributed by atoms with Crippen molar-refractivity contribution in [3.05, 3.63) is 218 Å². The fourth-order valence-electron chi connectivity index (χ4n) is 15.0. The lowest BCUT2D eigenvalue weighted by Gasteiger charge is -2.49. The maximum absolute atomic E-state index is 2.71. The Labute approximate surface area is 463 Å². The molecule has 2 aliphatic carbocycles. The van der Waals surface area contributed by atoms with E-state index in [1.54, 1.807) is 0 Å². The van der Waals surface area contributed by atoms with Gasteiger partial charge in [0.25, 0.3) is 6.71 Å². The van der Waals surface area contributed by atoms with Crippen LogP contribution >= 0.6 is 0 Å². The van der Waals surface area contributed by atoms with Crippen molar-refractivity contribution in [2.45, 2.75) is 169 Å². The number of unbranched alkanes of at least 4 members (excludes halogenated alkanes) is 1. The van der Waals surface area contributed by atoms with Crippen LogP contribution in [0, 0.1) is 6.92 Å². The van der Waals surface area contributed by atoms with Gasteiger partial charge >= 0.3 is 0 Å². The Kier molecular flexibility index (Phi) is 11.6. The summed E-state index contributed by atoms with van der Waals surface area (Å²) in [7, 11) is 0. The van der Waals surface area contributed by atoms with E-state index in [1.807, 2.05) is 0 Å². The SMILES string of the molecule is CCCCC(C)(C)c1cc(N2c3ccc(C(C)(C)C)cc3B3c4cc5c(cc4N(c4ccc6c(c4)C(C)(C)c4ccccc4C6(C)C)c4cc(C)cc2c43)C(C)(C)c2ccccc2C5(C)C)c(-c2ccccc2)cc1CC. The topological polar surface area (TPSA) is 6.48 Å². The predicted octanol–water partition coefficient (Wildman–Crippen LogP) is 18.0. The fourth-order valence-corrected chi connectivity index (χ4v) is 15.0. The van der Waals surface area contributed by atoms with Crippen molar-refractivity contribution in [3.8, 4) is 11.1 Å². The zero-order valence-electron chi connectivity index (χ0n) is 49.2. The highest BCUT2D eigenvalue weighted by Crippen LogP contribution is 2.56. The summed E-state index contributed by atoms with van der Waals surface area (Å²) in [5.74, 6) is 0. The Balaban J connectivity index is 1.21. The molecular weight excluding hydrogens is 928 g/mol. The molecule has 390 valence electrons. The van der Waals surface area contributed by atoms with Crippen LogP contribution in [0.2, 0.25) is 0 Å². The van der Waals surface area contributed by atoms with Crippen molar-refractivity contribution in [1.82, 2.24) is 0 Å². The molecule has 8 aromatic rings. The molecule has 0 radical (unpaired) electrons. The first-order chi connectivity index (χ1) is 36.4. The van der Waals surface area contributed by atoms with Gasteiger partial charge in [-0.25, -0.2) is 0 Å². The van der Waals surface area contributed by atoms with Gasteiger partial charge < -0.3 is 9.80 Å². The number of rotatable bonds is 8. The monoisotopic (exact) mass is 1010 g/mol. The standard InChI is InChI=1S/C74H81BN2/c1-17-19-37-70(7,8)57-44-64(51(40-47(57)18-2)48-27-21-20-22-28-48)77-63-36-33-49(69(4,5)6)41-61(63)75-62-43-59-60(74(15,16)55-32-26-25-31-54(55)73(59,13)14)45-65(62)76(66-38-46(3)39-67(77)68(66)75)50-34-35-56-58(42-50)72(11,12)53-30-24-23-29-52(53)71(56,9)10/h20-36,38-45H,17-19,37H2,1-16H3. The van der Waals surface area contributed by atoms with E-state index in [9.17, 15) is 0 Å². The van der Waals surface area contributed by atoms with Crippen LogP contribution in [0.5, 0.6) is 0 Å². The van der Waals surface area contributed by atoms with Crippen LogP contribution in [0.15, 0.2) is 152 Å². The molecule has 0 atom stereocenters. The molecule has 2 nitrogen and oxygen atoms in total. The zero-order valence-corrected chi connectivity index (χ0v) is 49.2. The van der Waals surface area contributed by atoms with Crippen molar-refractivity contribution < 1.29 is 0 Å². The minimum Gasteiger partial charge on any atom is -0.311 e. The summed E-state index contributed by atoms with van der Waals surface area (Å²) in [4.78, 5) is 5.42. The van der Waals surface area contributed by atoms with Gasteiger partial charge in [-0.3, -0.25) is 0 Å². The molecule has 0 saturated heterocycles. The second-order valence-corrected chi connectivity index (χ2v) is 27.4. The molecule has 4 aliphatic rings. The van der Waals surface area contributed by atoms with E-state index in [2.05, 4.69) is 272 Å². The van der Waals surface area contributed by atoms with Crippen LogP contribution in [0.4, 0.5) is 34.1 Å². The van der Waals surface area contributed by atoms with Crippen LogP contribution in [-0.4, -0.2) is 6.71 Å². The Morgan fingerprint density at radius 2 is 0.974 bits per heavy atom. The van der Waals surface area contributed by atoms with Gasteiger partial charge in [0.1, 0.15) is 0 Å². The summed E-state index contributed by atoms with van der Waals surface area (Å²) < 4.78 is 0. The van der Waals surface area contributed by atoms with Gasteiger partial charge in [0.15, 0.2) is 0 Å². The molecule has 0 N–H and O–H groups in total. The van der Waals surface area contributed by atoms with Crippen LogP contribution in [-0.2, 0) is 38.9 Å². The van der Waals surface area contributed by atoms with Crippen molar-refractivity contribution in [2.24, 2.45) is 0 Å². The summed E-state index contributed by atoms with van der Waals surface area (Å²) in [5.41, 5.74) is 30.2. The van der Waals surface area contributed by atoms with Gasteiger partial charge in [-0.1, -0.05) is 220 Å². The Morgan fingerprint density at radius 1 is 0.455 bits per heavy atom. The highest BCUT2D eigenvalue weighted by molar-refractivity contribution is 7.00. The molecule has 3 heteroatoms. The van der Waals surface area contributed by atoms with Crippen LogP contribution < -0.4 is 26.2 Å². The third kappa shape index (κ3) is 7.55. The van der Waals surface area contributed by atoms with Crippen LogP contribution in [0.1, 0.15) is 190 Å². The Bertz CT molecular complexity index is 3710. The average molecular weight is 1010 g/mol. The lowest BCUT2D eigenvalue weighted by atomic mass is 9.33. The largest absolute Gasteiger partial charge is 0.311 e. The predicted molar refractivity (Wildman–Crippen MR) is 333 cm³/mol. The summed E-state index contributed by atoms with van der Waals surface area (Å²) in [5, 5.41) is 0. The first-order valence-corrected chi connectivity index (χ1v) is 29.1. The number of hydrogen-bond donors (Lipinski definition) is 0. The van der Waals surface area contributed by atoms with E-state index in [0.29, 0.717) is 0 Å². The zero-order chi connectivity index (χ0) is 54.5. The molecule has 0 bridgehead atoms. The Morgan fingerprint density at radius 3 is 1.55 bits per heavy atom. The van der Waals surface area contributed by atoms with E-state index in [0.717, 1.165) is 12.8 Å². The number of benzene rings is 8. The molecule has 0 aromatic heterocycles. The van der Waals surface area contributed by atoms with Crippen LogP contribution in [0.3, 0.4) is 0 Å². The summed E-state index contributed by atoms with van der Waals surface area (Å²) in [6.45, 7) is 38.7. The molecule has 2 aliphatic heterocycles. The highest BCUT2D eigenvalue weighted by Gasteiger charge is 2.49. The minimum atomic E-state index is -0.229. The third-order valence-corrected chi connectivity index (χ3v) is 19.5. The molecule has 2 heterocycles. The normalized spacial score (nSPS) is 16.9. The minimum absolute atomic E-state index is 0.0159. The fraction of sp³-hybridized carbons (Fsp3) is 0.351. The molecular formula is C74H81BN2. The second-order valence-electron chi connectivity index (χ2n) is 27.4. The molecule has 12 rings (SSSR count). The molecule has 0 fully saturated rings. The number of fused-ring (bicyclic) bond motifs is 8. The van der Waals surface area contributed by atoms with Gasteiger partial charge in [0.05, 0.1) is 5.69 Å². The van der Waals surface area contributed by atoms with E-state index >= 15 is 0 Å². The first kappa shape index (κ1) is 51.2. The first-order valence-electron chi connectivity index (χ1n) is 29.1. The quantitative estimate of drug-likeness (QED) is 0.140. The maximum Gasteiger partial charge on any atom is 0.252 e. The molecule has 8 aromatic carbocycles. The maximum atomic E-state index is 2.71. The van der Waals surface area contributed by atoms with E-state index < -0.39 is 0 Å². The number of nitrogens with zero attached hydrogens (tertiary/aromatic N) is 2. The van der Waals surface area contributed by atoms with E-state index in [4.69, 9.17) is 0 Å². The van der Waals surface area contributed by atoms with Gasteiger partial charge in [-0.15, -0.1) is 0 Å². The molecule has 0 spiro atoms. The smallest absolute Gasteiger partial charge is 0.252 e. The van der Waals surface area contributed by atoms with Crippen molar-refractivity contribution >= 4 is 57.2 Å². The van der Waals surface area contributed by atoms with Gasteiger partial charge in [-0.2, -0.15) is 0 Å². The second kappa shape index (κ2) is 17.5. The molecule has 77 heavy (non-hydrogen) atoms. The van der Waals surface area contributed by atoms with Gasteiger partial charge in [-0.05, 0) is 168 Å². The van der Waals surface area contributed by atoms with Gasteiger partial charge in [0.2, 0.25) is 0 Å². The summed E-state index contributed by atoms with van der Waals surface area (Å²) in [6, 6.07) is 60.4. The molecule has 0 amide bonds. The Hall–Kier alpha value is -6.58. The molecule has 0 saturated carbocycles. The number of aryl methyl sites for hydroxylation is 2. The molecule has 0 unspecified atom stereocenters. The van der Waals surface area contributed by atoms with Crippen molar-refractivity contribution in [3.63, 3.8) is 0 Å². The van der Waals surface area contributed by atoms with Gasteiger partial charge in [0, 0.05) is 55.7 Å². The number of hydrogen-bond acceptors (Lipinski definition) is 2. The lowest BCUT2D eigenvalue weighted by Crippen LogP contribution is -2.62.